The van der Waals surface area contributed by atoms with Crippen LogP contribution in [-0.2, 0) is 20.2 Å². The first-order valence-corrected chi connectivity index (χ1v) is 6.56. The molecule has 0 unspecified atom stereocenters. The van der Waals surface area contributed by atoms with Crippen molar-refractivity contribution in [3.63, 3.8) is 0 Å². The van der Waals surface area contributed by atoms with Gasteiger partial charge in [-0.05, 0) is 24.6 Å². The summed E-state index contributed by atoms with van der Waals surface area (Å²) in [5.41, 5.74) is 0.185. The number of rotatable bonds is 2. The predicted octanol–water partition coefficient (Wildman–Crippen LogP) is -2.40. The van der Waals surface area contributed by atoms with Crippen LogP contribution >= 0.6 is 0 Å². The Bertz CT molecular complexity index is 595. The molecule has 1 aromatic rings. The number of hydrogen-bond acceptors (Lipinski definition) is 4. The first-order chi connectivity index (χ1) is 6.62. The van der Waals surface area contributed by atoms with Crippen molar-refractivity contribution in [1.29, 1.82) is 0 Å². The van der Waals surface area contributed by atoms with Crippen LogP contribution in [0.15, 0.2) is 28.0 Å². The standard InChI is InChI=1S/C7H8O6S2.Na.H/c1-5-2-3-6(14(8,9)10)4-7(5)15(11,12)13;;/h2-4H,1H3,(H,8,9,10)(H,11,12,13);;/q;+1;-1. The fraction of sp³-hybridized carbons (Fsp3) is 0.143. The maximum Gasteiger partial charge on any atom is 1.00 e. The van der Waals surface area contributed by atoms with E-state index in [-0.39, 0.29) is 36.5 Å². The molecule has 6 nitrogen and oxygen atoms in total. The Morgan fingerprint density at radius 1 is 1.06 bits per heavy atom. The molecule has 0 radical (unpaired) electrons. The smallest absolute Gasteiger partial charge is 1.00 e. The molecule has 0 aliphatic heterocycles. The first-order valence-electron chi connectivity index (χ1n) is 3.68. The monoisotopic (exact) mass is 276 g/mol. The average Bonchev–Trinajstić information content (AvgIpc) is 2.00. The zero-order valence-corrected chi connectivity index (χ0v) is 12.2. The number of aryl methyl sites for hydroxylation is 1. The SMILES string of the molecule is Cc1ccc(S(=O)(=O)O)cc1S(=O)(=O)O.[H-].[Na+]. The predicted molar refractivity (Wildman–Crippen MR) is 51.9 cm³/mol. The third-order valence-electron chi connectivity index (χ3n) is 1.74. The second-order valence-corrected chi connectivity index (χ2v) is 5.69. The molecule has 16 heavy (non-hydrogen) atoms. The zero-order chi connectivity index (χ0) is 11.9. The van der Waals surface area contributed by atoms with Crippen LogP contribution in [-0.4, -0.2) is 25.9 Å². The molecule has 0 aliphatic rings. The van der Waals surface area contributed by atoms with Crippen molar-refractivity contribution in [2.75, 3.05) is 0 Å². The van der Waals surface area contributed by atoms with Crippen molar-refractivity contribution in [3.8, 4) is 0 Å². The summed E-state index contributed by atoms with van der Waals surface area (Å²) < 4.78 is 60.5. The van der Waals surface area contributed by atoms with Gasteiger partial charge in [0.25, 0.3) is 20.2 Å². The summed E-state index contributed by atoms with van der Waals surface area (Å²) in [6.07, 6.45) is 0. The van der Waals surface area contributed by atoms with Gasteiger partial charge in [-0.2, -0.15) is 16.8 Å². The van der Waals surface area contributed by atoms with Crippen LogP contribution in [0.1, 0.15) is 6.99 Å². The summed E-state index contributed by atoms with van der Waals surface area (Å²) in [7, 11) is -8.97. The second-order valence-electron chi connectivity index (χ2n) is 2.88. The fourth-order valence-electron chi connectivity index (χ4n) is 1.02. The number of hydrogen-bond donors (Lipinski definition) is 2. The Balaban J connectivity index is 0. The summed E-state index contributed by atoms with van der Waals surface area (Å²) in [6.45, 7) is 1.39. The Labute approximate surface area is 117 Å². The van der Waals surface area contributed by atoms with Gasteiger partial charge in [-0.15, -0.1) is 0 Å². The molecule has 0 fully saturated rings. The van der Waals surface area contributed by atoms with E-state index in [2.05, 4.69) is 0 Å². The van der Waals surface area contributed by atoms with E-state index in [1.54, 1.807) is 0 Å². The normalized spacial score (nSPS) is 11.9. The molecule has 86 valence electrons. The average molecular weight is 276 g/mol. The van der Waals surface area contributed by atoms with E-state index in [0.717, 1.165) is 6.07 Å². The Kier molecular flexibility index (Phi) is 5.14. The van der Waals surface area contributed by atoms with Crippen molar-refractivity contribution in [3.05, 3.63) is 23.8 Å². The molecule has 0 saturated heterocycles. The summed E-state index contributed by atoms with van der Waals surface area (Å²) in [5, 5.41) is 0. The molecular formula is C7H9NaO6S2. The van der Waals surface area contributed by atoms with Gasteiger partial charge in [0.1, 0.15) is 0 Å². The van der Waals surface area contributed by atoms with Crippen molar-refractivity contribution >= 4 is 20.2 Å². The van der Waals surface area contributed by atoms with Crippen LogP contribution < -0.4 is 29.6 Å². The van der Waals surface area contributed by atoms with E-state index < -0.39 is 30.0 Å². The van der Waals surface area contributed by atoms with Gasteiger partial charge < -0.3 is 1.43 Å². The topological polar surface area (TPSA) is 109 Å². The molecule has 0 bridgehead atoms. The largest absolute Gasteiger partial charge is 1.00 e. The van der Waals surface area contributed by atoms with Crippen LogP contribution in [0.4, 0.5) is 0 Å². The van der Waals surface area contributed by atoms with E-state index in [1.165, 1.54) is 13.0 Å². The van der Waals surface area contributed by atoms with Crippen LogP contribution in [0, 0.1) is 6.92 Å². The van der Waals surface area contributed by atoms with E-state index in [4.69, 9.17) is 9.11 Å². The van der Waals surface area contributed by atoms with Crippen molar-refractivity contribution < 1.29 is 56.9 Å². The van der Waals surface area contributed by atoms with Crippen LogP contribution in [0.25, 0.3) is 0 Å². The molecule has 2 N–H and O–H groups in total. The van der Waals surface area contributed by atoms with Gasteiger partial charge >= 0.3 is 29.6 Å². The van der Waals surface area contributed by atoms with Gasteiger partial charge in [0.15, 0.2) is 0 Å². The zero-order valence-electron chi connectivity index (χ0n) is 9.58. The Hall–Kier alpha value is 0.0400. The van der Waals surface area contributed by atoms with Gasteiger partial charge in [0, 0.05) is 0 Å². The fourth-order valence-corrected chi connectivity index (χ4v) is 2.35. The van der Waals surface area contributed by atoms with E-state index in [0.29, 0.717) is 6.07 Å². The van der Waals surface area contributed by atoms with Gasteiger partial charge in [-0.3, -0.25) is 9.11 Å². The van der Waals surface area contributed by atoms with Crippen LogP contribution in [0.5, 0.6) is 0 Å². The van der Waals surface area contributed by atoms with Gasteiger partial charge in [-0.25, -0.2) is 0 Å². The Morgan fingerprint density at radius 3 is 1.94 bits per heavy atom. The molecule has 0 saturated carbocycles. The molecule has 0 atom stereocenters. The molecule has 0 heterocycles. The van der Waals surface area contributed by atoms with Gasteiger partial charge in [0.2, 0.25) is 0 Å². The third kappa shape index (κ3) is 3.81. The van der Waals surface area contributed by atoms with E-state index >= 15 is 0 Å². The van der Waals surface area contributed by atoms with Crippen LogP contribution in [0.2, 0.25) is 0 Å². The molecule has 1 rings (SSSR count). The number of benzene rings is 1. The molecule has 0 spiro atoms. The van der Waals surface area contributed by atoms with Gasteiger partial charge in [-0.1, -0.05) is 6.07 Å². The maximum atomic E-state index is 10.8. The molecule has 0 aromatic heterocycles. The van der Waals surface area contributed by atoms with Crippen LogP contribution in [0.3, 0.4) is 0 Å². The molecule has 1 aromatic carbocycles. The molecule has 9 heteroatoms. The quantitative estimate of drug-likeness (QED) is 0.460. The minimum atomic E-state index is -4.49. The van der Waals surface area contributed by atoms with Crippen molar-refractivity contribution in [2.24, 2.45) is 0 Å². The summed E-state index contributed by atoms with van der Waals surface area (Å²) in [6, 6.07) is 2.91. The minimum absolute atomic E-state index is 0. The van der Waals surface area contributed by atoms with Crippen molar-refractivity contribution in [1.82, 2.24) is 0 Å². The van der Waals surface area contributed by atoms with Gasteiger partial charge in [0.05, 0.1) is 9.79 Å². The molecule has 0 amide bonds. The summed E-state index contributed by atoms with van der Waals surface area (Å²) >= 11 is 0. The van der Waals surface area contributed by atoms with Crippen molar-refractivity contribution in [2.45, 2.75) is 16.7 Å². The molecular weight excluding hydrogens is 267 g/mol. The third-order valence-corrected chi connectivity index (χ3v) is 3.58. The van der Waals surface area contributed by atoms with E-state index in [1.807, 2.05) is 0 Å². The second kappa shape index (κ2) is 5.13. The molecule has 0 aliphatic carbocycles. The summed E-state index contributed by atoms with van der Waals surface area (Å²) in [4.78, 5) is -1.13. The Morgan fingerprint density at radius 2 is 1.56 bits per heavy atom. The summed E-state index contributed by atoms with van der Waals surface area (Å²) in [5.74, 6) is 0. The van der Waals surface area contributed by atoms with E-state index in [9.17, 15) is 16.8 Å². The minimum Gasteiger partial charge on any atom is -1.00 e. The maximum absolute atomic E-state index is 10.8. The first kappa shape index (κ1) is 16.0.